The summed E-state index contributed by atoms with van der Waals surface area (Å²) in [6, 6.07) is 5.55. The van der Waals surface area contributed by atoms with E-state index in [0.717, 1.165) is 30.8 Å². The van der Waals surface area contributed by atoms with Crippen LogP contribution in [0.5, 0.6) is 0 Å². The SMILES string of the molecule is Cc1ccc(CN2CCCC2)cc1F. The normalized spacial score (nSPS) is 17.6. The molecule has 14 heavy (non-hydrogen) atoms. The molecule has 1 aromatic rings. The van der Waals surface area contributed by atoms with Gasteiger partial charge in [-0.25, -0.2) is 4.39 Å². The standard InChI is InChI=1S/C12H16FN/c1-10-4-5-11(8-12(10)13)9-14-6-2-3-7-14/h4-5,8H,2-3,6-7,9H2,1H3. The average molecular weight is 193 g/mol. The third-order valence-electron chi connectivity index (χ3n) is 2.84. The van der Waals surface area contributed by atoms with Crippen LogP contribution in [0.25, 0.3) is 0 Å². The molecule has 0 spiro atoms. The second kappa shape index (κ2) is 4.09. The Hall–Kier alpha value is -0.890. The highest BCUT2D eigenvalue weighted by molar-refractivity contribution is 5.23. The van der Waals surface area contributed by atoms with E-state index in [2.05, 4.69) is 4.90 Å². The van der Waals surface area contributed by atoms with Crippen LogP contribution >= 0.6 is 0 Å². The molecule has 1 aliphatic rings. The van der Waals surface area contributed by atoms with Crippen LogP contribution in [0, 0.1) is 12.7 Å². The highest BCUT2D eigenvalue weighted by atomic mass is 19.1. The van der Waals surface area contributed by atoms with Gasteiger partial charge in [0.25, 0.3) is 0 Å². The largest absolute Gasteiger partial charge is 0.299 e. The molecule has 1 fully saturated rings. The minimum absolute atomic E-state index is 0.0818. The van der Waals surface area contributed by atoms with Crippen LogP contribution in [0.15, 0.2) is 18.2 Å². The zero-order valence-electron chi connectivity index (χ0n) is 8.59. The van der Waals surface area contributed by atoms with Gasteiger partial charge in [-0.15, -0.1) is 0 Å². The molecule has 1 aliphatic heterocycles. The monoisotopic (exact) mass is 193 g/mol. The van der Waals surface area contributed by atoms with Crippen molar-refractivity contribution in [3.05, 3.63) is 35.1 Å². The first kappa shape index (κ1) is 9.66. The Morgan fingerprint density at radius 1 is 1.29 bits per heavy atom. The van der Waals surface area contributed by atoms with Gasteiger partial charge >= 0.3 is 0 Å². The minimum Gasteiger partial charge on any atom is -0.299 e. The Balaban J connectivity index is 2.05. The zero-order chi connectivity index (χ0) is 9.97. The Morgan fingerprint density at radius 3 is 2.64 bits per heavy atom. The number of aryl methyl sites for hydroxylation is 1. The summed E-state index contributed by atoms with van der Waals surface area (Å²) < 4.78 is 13.2. The van der Waals surface area contributed by atoms with Gasteiger partial charge in [0, 0.05) is 6.54 Å². The van der Waals surface area contributed by atoms with Crippen LogP contribution in [-0.4, -0.2) is 18.0 Å². The first-order valence-electron chi connectivity index (χ1n) is 5.23. The van der Waals surface area contributed by atoms with E-state index in [1.54, 1.807) is 13.0 Å². The van der Waals surface area contributed by atoms with E-state index in [9.17, 15) is 4.39 Å². The molecule has 2 rings (SSSR count). The fourth-order valence-corrected chi connectivity index (χ4v) is 1.93. The molecule has 2 heteroatoms. The van der Waals surface area contributed by atoms with Crippen LogP contribution in [0.3, 0.4) is 0 Å². The van der Waals surface area contributed by atoms with Crippen molar-refractivity contribution >= 4 is 0 Å². The molecule has 1 heterocycles. The quantitative estimate of drug-likeness (QED) is 0.698. The Morgan fingerprint density at radius 2 is 2.00 bits per heavy atom. The summed E-state index contributed by atoms with van der Waals surface area (Å²) in [4.78, 5) is 2.38. The summed E-state index contributed by atoms with van der Waals surface area (Å²) in [5, 5.41) is 0. The fourth-order valence-electron chi connectivity index (χ4n) is 1.93. The zero-order valence-corrected chi connectivity index (χ0v) is 8.59. The topological polar surface area (TPSA) is 3.24 Å². The predicted molar refractivity (Wildman–Crippen MR) is 55.6 cm³/mol. The molecule has 0 amide bonds. The summed E-state index contributed by atoms with van der Waals surface area (Å²) in [7, 11) is 0. The molecular formula is C12H16FN. The first-order valence-corrected chi connectivity index (χ1v) is 5.23. The van der Waals surface area contributed by atoms with Crippen molar-refractivity contribution in [2.24, 2.45) is 0 Å². The van der Waals surface area contributed by atoms with Crippen LogP contribution in [-0.2, 0) is 6.54 Å². The molecule has 76 valence electrons. The molecule has 0 bridgehead atoms. The van der Waals surface area contributed by atoms with Crippen LogP contribution in [0.2, 0.25) is 0 Å². The third-order valence-corrected chi connectivity index (χ3v) is 2.84. The lowest BCUT2D eigenvalue weighted by Gasteiger charge is -2.14. The van der Waals surface area contributed by atoms with Crippen molar-refractivity contribution in [3.8, 4) is 0 Å². The van der Waals surface area contributed by atoms with Gasteiger partial charge in [0.2, 0.25) is 0 Å². The number of hydrogen-bond acceptors (Lipinski definition) is 1. The number of rotatable bonds is 2. The Bertz CT molecular complexity index is 316. The van der Waals surface area contributed by atoms with Crippen LogP contribution in [0.4, 0.5) is 4.39 Å². The van der Waals surface area contributed by atoms with E-state index in [1.165, 1.54) is 12.8 Å². The third kappa shape index (κ3) is 2.13. The molecule has 1 nitrogen and oxygen atoms in total. The number of nitrogens with zero attached hydrogens (tertiary/aromatic N) is 1. The molecule has 1 aromatic carbocycles. The fraction of sp³-hybridized carbons (Fsp3) is 0.500. The van der Waals surface area contributed by atoms with Crippen molar-refractivity contribution < 1.29 is 4.39 Å². The summed E-state index contributed by atoms with van der Waals surface area (Å²) in [5.74, 6) is -0.0818. The van der Waals surface area contributed by atoms with E-state index < -0.39 is 0 Å². The van der Waals surface area contributed by atoms with Gasteiger partial charge in [-0.2, -0.15) is 0 Å². The lowest BCUT2D eigenvalue weighted by Crippen LogP contribution is -2.18. The molecule has 1 saturated heterocycles. The molecule has 0 aromatic heterocycles. The number of benzene rings is 1. The summed E-state index contributed by atoms with van der Waals surface area (Å²) in [6.07, 6.45) is 2.57. The van der Waals surface area contributed by atoms with Gasteiger partial charge in [-0.1, -0.05) is 12.1 Å². The summed E-state index contributed by atoms with van der Waals surface area (Å²) in [6.45, 7) is 5.02. The maximum Gasteiger partial charge on any atom is 0.126 e. The van der Waals surface area contributed by atoms with Gasteiger partial charge in [0.1, 0.15) is 5.82 Å². The Labute approximate surface area is 84.5 Å². The molecule has 0 N–H and O–H groups in total. The van der Waals surface area contributed by atoms with Gasteiger partial charge in [-0.3, -0.25) is 4.90 Å². The lowest BCUT2D eigenvalue weighted by molar-refractivity contribution is 0.331. The van der Waals surface area contributed by atoms with Crippen molar-refractivity contribution in [1.29, 1.82) is 0 Å². The van der Waals surface area contributed by atoms with Crippen molar-refractivity contribution in [1.82, 2.24) is 4.90 Å². The van der Waals surface area contributed by atoms with Crippen molar-refractivity contribution in [2.75, 3.05) is 13.1 Å². The molecule has 0 radical (unpaired) electrons. The first-order chi connectivity index (χ1) is 6.75. The van der Waals surface area contributed by atoms with Crippen LogP contribution in [0.1, 0.15) is 24.0 Å². The molecular weight excluding hydrogens is 177 g/mol. The molecule has 0 unspecified atom stereocenters. The van der Waals surface area contributed by atoms with Gasteiger partial charge in [-0.05, 0) is 50.0 Å². The highest BCUT2D eigenvalue weighted by Gasteiger charge is 2.11. The maximum absolute atomic E-state index is 13.2. The van der Waals surface area contributed by atoms with E-state index in [-0.39, 0.29) is 5.82 Å². The molecule has 0 atom stereocenters. The number of halogens is 1. The molecule has 0 saturated carbocycles. The van der Waals surface area contributed by atoms with Gasteiger partial charge < -0.3 is 0 Å². The van der Waals surface area contributed by atoms with Crippen molar-refractivity contribution in [3.63, 3.8) is 0 Å². The Kier molecular flexibility index (Phi) is 2.82. The smallest absolute Gasteiger partial charge is 0.126 e. The second-order valence-electron chi connectivity index (χ2n) is 4.07. The second-order valence-corrected chi connectivity index (χ2v) is 4.07. The molecule has 0 aliphatic carbocycles. The summed E-state index contributed by atoms with van der Waals surface area (Å²) >= 11 is 0. The minimum atomic E-state index is -0.0818. The van der Waals surface area contributed by atoms with E-state index in [4.69, 9.17) is 0 Å². The average Bonchev–Trinajstić information content (AvgIpc) is 2.64. The maximum atomic E-state index is 13.2. The van der Waals surface area contributed by atoms with Crippen molar-refractivity contribution in [2.45, 2.75) is 26.3 Å². The van der Waals surface area contributed by atoms with E-state index >= 15 is 0 Å². The predicted octanol–water partition coefficient (Wildman–Crippen LogP) is 2.73. The van der Waals surface area contributed by atoms with E-state index in [0.29, 0.717) is 0 Å². The highest BCUT2D eigenvalue weighted by Crippen LogP contribution is 2.15. The van der Waals surface area contributed by atoms with E-state index in [1.807, 2.05) is 12.1 Å². The van der Waals surface area contributed by atoms with Gasteiger partial charge in [0.15, 0.2) is 0 Å². The van der Waals surface area contributed by atoms with Crippen LogP contribution < -0.4 is 0 Å². The van der Waals surface area contributed by atoms with Gasteiger partial charge in [0.05, 0.1) is 0 Å². The summed E-state index contributed by atoms with van der Waals surface area (Å²) in [5.41, 5.74) is 1.82. The number of likely N-dealkylation sites (tertiary alicyclic amines) is 1. The number of hydrogen-bond donors (Lipinski definition) is 0. The lowest BCUT2D eigenvalue weighted by atomic mass is 10.1.